The van der Waals surface area contributed by atoms with Crippen molar-refractivity contribution in [2.45, 2.75) is 43.5 Å². The smallest absolute Gasteiger partial charge is 0.254 e. The third-order valence-corrected chi connectivity index (χ3v) is 6.92. The summed E-state index contributed by atoms with van der Waals surface area (Å²) in [5.41, 5.74) is 7.36. The first-order valence-electron chi connectivity index (χ1n) is 11.8. The summed E-state index contributed by atoms with van der Waals surface area (Å²) in [6.45, 7) is 0.290. The van der Waals surface area contributed by atoms with Gasteiger partial charge in [0.05, 0.1) is 29.6 Å². The number of aliphatic hydroxyl groups excluding tert-OH is 1. The Kier molecular flexibility index (Phi) is 8.46. The van der Waals surface area contributed by atoms with Gasteiger partial charge >= 0.3 is 0 Å². The Hall–Kier alpha value is -3.02. The summed E-state index contributed by atoms with van der Waals surface area (Å²) in [7, 11) is 1.69. The zero-order valence-electron chi connectivity index (χ0n) is 20.0. The van der Waals surface area contributed by atoms with Crippen LogP contribution < -0.4 is 16.4 Å². The van der Waals surface area contributed by atoms with Gasteiger partial charge in [0, 0.05) is 22.5 Å². The lowest BCUT2D eigenvalue weighted by molar-refractivity contribution is 0.0363. The van der Waals surface area contributed by atoms with Crippen molar-refractivity contribution >= 4 is 27.7 Å². The number of rotatable bonds is 7. The van der Waals surface area contributed by atoms with E-state index in [0.717, 1.165) is 6.07 Å². The third kappa shape index (κ3) is 6.28. The molecule has 4 rings (SSSR count). The van der Waals surface area contributed by atoms with E-state index >= 15 is 4.39 Å². The van der Waals surface area contributed by atoms with Gasteiger partial charge in [-0.15, -0.1) is 0 Å². The van der Waals surface area contributed by atoms with E-state index in [-0.39, 0.29) is 36.0 Å². The monoisotopic (exact) mass is 577 g/mol. The minimum atomic E-state index is -1.35. The number of alkyl halides is 1. The van der Waals surface area contributed by atoms with Gasteiger partial charge in [0.1, 0.15) is 29.3 Å². The molecule has 1 aliphatic rings. The number of anilines is 1. The van der Waals surface area contributed by atoms with Crippen LogP contribution >= 0.6 is 15.9 Å². The fourth-order valence-electron chi connectivity index (χ4n) is 4.50. The highest BCUT2D eigenvalue weighted by atomic mass is 79.9. The second-order valence-electron chi connectivity index (χ2n) is 9.10. The molecule has 1 heterocycles. The molecule has 0 bridgehead atoms. The van der Waals surface area contributed by atoms with Crippen molar-refractivity contribution < 1.29 is 23.1 Å². The van der Waals surface area contributed by atoms with E-state index in [4.69, 9.17) is 5.73 Å². The Labute approximate surface area is 220 Å². The molecule has 4 atom stereocenters. The highest BCUT2D eigenvalue weighted by molar-refractivity contribution is 9.10. The van der Waals surface area contributed by atoms with E-state index in [1.807, 2.05) is 0 Å². The number of hydrogen-bond donors (Lipinski definition) is 4. The van der Waals surface area contributed by atoms with Crippen LogP contribution in [0, 0.1) is 11.6 Å². The number of aromatic nitrogens is 2. The Bertz CT molecular complexity index is 1270. The van der Waals surface area contributed by atoms with Crippen LogP contribution in [-0.2, 0) is 0 Å². The second-order valence-corrected chi connectivity index (χ2v) is 10.0. The van der Waals surface area contributed by atoms with E-state index in [9.17, 15) is 18.7 Å². The maximum absolute atomic E-state index is 15.1. The Morgan fingerprint density at radius 1 is 1.24 bits per heavy atom. The van der Waals surface area contributed by atoms with Gasteiger partial charge in [0.25, 0.3) is 5.91 Å². The number of nitrogen functional groups attached to an aromatic ring is 1. The molecular weight excluding hydrogens is 551 g/mol. The summed E-state index contributed by atoms with van der Waals surface area (Å²) in [6.07, 6.45) is 0.105. The topological polar surface area (TPSA) is 113 Å². The minimum absolute atomic E-state index is 0.0683. The molecule has 7 nitrogen and oxygen atoms in total. The number of aliphatic hydroxyl groups is 1. The van der Waals surface area contributed by atoms with Crippen molar-refractivity contribution in [3.8, 4) is 11.3 Å². The minimum Gasteiger partial charge on any atom is -0.390 e. The fraction of sp³-hybridized carbons (Fsp3) is 0.346. The maximum atomic E-state index is 15.1. The molecule has 3 aromatic rings. The van der Waals surface area contributed by atoms with Crippen molar-refractivity contribution in [1.82, 2.24) is 20.6 Å². The average Bonchev–Trinajstić information content (AvgIpc) is 2.85. The molecule has 1 aliphatic carbocycles. The summed E-state index contributed by atoms with van der Waals surface area (Å²) in [5, 5.41) is 15.3. The summed E-state index contributed by atoms with van der Waals surface area (Å²) >= 11 is 3.24. The first kappa shape index (κ1) is 27.0. The Morgan fingerprint density at radius 3 is 2.70 bits per heavy atom. The molecular formula is C26H27BrF3N5O2. The van der Waals surface area contributed by atoms with Gasteiger partial charge in [-0.25, -0.2) is 23.1 Å². The summed E-state index contributed by atoms with van der Waals surface area (Å²) in [5.74, 6) is -2.12. The number of nitrogens with two attached hydrogens (primary N) is 1. The largest absolute Gasteiger partial charge is 0.390 e. The van der Waals surface area contributed by atoms with Gasteiger partial charge in [0.2, 0.25) is 0 Å². The number of likely N-dealkylation sites (N-methyl/N-ethyl adjacent to an activating group) is 1. The van der Waals surface area contributed by atoms with Crippen LogP contribution in [0.4, 0.5) is 19.0 Å². The number of amides is 1. The van der Waals surface area contributed by atoms with Gasteiger partial charge in [-0.2, -0.15) is 0 Å². The second kappa shape index (κ2) is 11.6. The molecule has 1 fully saturated rings. The van der Waals surface area contributed by atoms with Gasteiger partial charge in [-0.1, -0.05) is 22.0 Å². The SMILES string of the molecule is CNC[C@@H](NC(=O)c1ccc(-c2nc([C@H]3CC[C@@H](O)[C@@H](F)C3)cnc2N)cc1F)c1cc(F)cc(Br)c1. The van der Waals surface area contributed by atoms with Crippen molar-refractivity contribution in [3.63, 3.8) is 0 Å². The quantitative estimate of drug-likeness (QED) is 0.330. The van der Waals surface area contributed by atoms with Crippen molar-refractivity contribution in [2.75, 3.05) is 19.3 Å². The molecule has 0 saturated heterocycles. The number of hydrogen-bond acceptors (Lipinski definition) is 6. The lowest BCUT2D eigenvalue weighted by Crippen LogP contribution is -2.35. The fourth-order valence-corrected chi connectivity index (χ4v) is 4.99. The predicted molar refractivity (Wildman–Crippen MR) is 138 cm³/mol. The summed E-state index contributed by atoms with van der Waals surface area (Å²) in [6, 6.07) is 7.65. The van der Waals surface area contributed by atoms with Crippen LogP contribution in [0.1, 0.15) is 52.8 Å². The molecule has 1 amide bonds. The zero-order chi connectivity index (χ0) is 26.7. The molecule has 0 aliphatic heterocycles. The lowest BCUT2D eigenvalue weighted by Gasteiger charge is -2.28. The van der Waals surface area contributed by atoms with Crippen molar-refractivity contribution in [1.29, 1.82) is 0 Å². The molecule has 1 saturated carbocycles. The van der Waals surface area contributed by atoms with Crippen LogP contribution in [0.3, 0.4) is 0 Å². The Morgan fingerprint density at radius 2 is 2.03 bits per heavy atom. The molecule has 1 aromatic heterocycles. The third-order valence-electron chi connectivity index (χ3n) is 6.46. The molecule has 37 heavy (non-hydrogen) atoms. The highest BCUT2D eigenvalue weighted by Gasteiger charge is 2.31. The number of carbonyl (C=O) groups excluding carboxylic acids is 1. The Balaban J connectivity index is 1.56. The molecule has 0 unspecified atom stereocenters. The van der Waals surface area contributed by atoms with E-state index < -0.39 is 35.9 Å². The molecule has 0 radical (unpaired) electrons. The number of benzene rings is 2. The number of halogens is 4. The van der Waals surface area contributed by atoms with Crippen molar-refractivity contribution in [3.05, 3.63) is 75.5 Å². The molecule has 196 valence electrons. The predicted octanol–water partition coefficient (Wildman–Crippen LogP) is 4.42. The van der Waals surface area contributed by atoms with E-state index in [1.54, 1.807) is 13.1 Å². The lowest BCUT2D eigenvalue weighted by atomic mass is 9.84. The van der Waals surface area contributed by atoms with Crippen LogP contribution in [-0.4, -0.2) is 46.8 Å². The van der Waals surface area contributed by atoms with Gasteiger partial charge in [0.15, 0.2) is 0 Å². The molecule has 11 heteroatoms. The van der Waals surface area contributed by atoms with E-state index in [1.165, 1.54) is 30.5 Å². The number of nitrogens with one attached hydrogen (secondary N) is 2. The first-order chi connectivity index (χ1) is 17.7. The zero-order valence-corrected chi connectivity index (χ0v) is 21.6. The van der Waals surface area contributed by atoms with E-state index in [0.29, 0.717) is 34.1 Å². The van der Waals surface area contributed by atoms with Crippen LogP contribution in [0.15, 0.2) is 47.1 Å². The van der Waals surface area contributed by atoms with Gasteiger partial charge in [-0.05, 0) is 62.2 Å². The molecule has 5 N–H and O–H groups in total. The van der Waals surface area contributed by atoms with E-state index in [2.05, 4.69) is 36.5 Å². The standard InChI is InChI=1S/C26H27BrF3N5O2/c1-32-11-21(15-6-16(27)10-17(28)7-15)35-26(37)18-4-2-14(9-19(18)29)24-25(31)33-12-22(34-24)13-3-5-23(36)20(30)8-13/h2,4,6-7,9-10,12-13,20-21,23,32,36H,3,5,8,11H2,1H3,(H2,31,33)(H,35,37)/t13-,20-,21+,23+/m0/s1. The molecule has 2 aromatic carbocycles. The first-order valence-corrected chi connectivity index (χ1v) is 12.6. The summed E-state index contributed by atoms with van der Waals surface area (Å²) in [4.78, 5) is 21.6. The van der Waals surface area contributed by atoms with Crippen molar-refractivity contribution in [2.24, 2.45) is 0 Å². The maximum Gasteiger partial charge on any atom is 0.254 e. The highest BCUT2D eigenvalue weighted by Crippen LogP contribution is 2.35. The van der Waals surface area contributed by atoms with Gasteiger partial charge in [-0.3, -0.25) is 4.79 Å². The van der Waals surface area contributed by atoms with Crippen LogP contribution in [0.25, 0.3) is 11.3 Å². The average molecular weight is 578 g/mol. The summed E-state index contributed by atoms with van der Waals surface area (Å²) < 4.78 is 43.6. The van der Waals surface area contributed by atoms with Crippen LogP contribution in [0.2, 0.25) is 0 Å². The van der Waals surface area contributed by atoms with Crippen LogP contribution in [0.5, 0.6) is 0 Å². The van der Waals surface area contributed by atoms with Gasteiger partial charge < -0.3 is 21.5 Å². The number of carbonyl (C=O) groups is 1. The number of nitrogens with zero attached hydrogens (tertiary/aromatic N) is 2. The normalized spacial score (nSPS) is 20.4. The molecule has 0 spiro atoms.